The van der Waals surface area contributed by atoms with Crippen LogP contribution < -0.4 is 11.2 Å². The summed E-state index contributed by atoms with van der Waals surface area (Å²) in [4.78, 5) is 25.1. The van der Waals surface area contributed by atoms with Crippen LogP contribution in [0.4, 0.5) is 13.2 Å². The van der Waals surface area contributed by atoms with Gasteiger partial charge in [-0.3, -0.25) is 18.5 Å². The zero-order valence-electron chi connectivity index (χ0n) is 12.0. The number of hydrogen-bond acceptors (Lipinski definition) is 6. The fraction of sp³-hybridized carbons (Fsp3) is 0.636. The Morgan fingerprint density at radius 1 is 1.46 bits per heavy atom. The summed E-state index contributed by atoms with van der Waals surface area (Å²) in [5, 5.41) is 0. The van der Waals surface area contributed by atoms with Gasteiger partial charge in [0.1, 0.15) is 18.4 Å². The maximum absolute atomic E-state index is 12.4. The van der Waals surface area contributed by atoms with Crippen LogP contribution in [0.2, 0.25) is 0 Å². The van der Waals surface area contributed by atoms with E-state index in [0.717, 1.165) is 10.8 Å². The summed E-state index contributed by atoms with van der Waals surface area (Å²) in [6, 6.07) is 0. The van der Waals surface area contributed by atoms with Gasteiger partial charge >= 0.3 is 21.3 Å². The molecule has 1 aliphatic heterocycles. The highest BCUT2D eigenvalue weighted by molar-refractivity contribution is 7.87. The highest BCUT2D eigenvalue weighted by Crippen LogP contribution is 2.34. The van der Waals surface area contributed by atoms with Crippen LogP contribution in [0.3, 0.4) is 0 Å². The molecule has 1 aromatic rings. The van der Waals surface area contributed by atoms with Crippen LogP contribution in [0, 0.1) is 6.92 Å². The molecule has 1 N–H and O–H groups in total. The molecule has 1 aromatic heterocycles. The van der Waals surface area contributed by atoms with Crippen molar-refractivity contribution in [3.63, 3.8) is 0 Å². The number of aryl methyl sites for hydroxylation is 1. The second kappa shape index (κ2) is 6.50. The number of ether oxygens (including phenoxy) is 1. The van der Waals surface area contributed by atoms with Gasteiger partial charge < -0.3 is 4.74 Å². The molecule has 3 atom stereocenters. The van der Waals surface area contributed by atoms with Crippen molar-refractivity contribution in [2.45, 2.75) is 37.3 Å². The van der Waals surface area contributed by atoms with E-state index >= 15 is 0 Å². The van der Waals surface area contributed by atoms with Gasteiger partial charge in [0.15, 0.2) is 0 Å². The minimum Gasteiger partial charge on any atom is -0.351 e. The van der Waals surface area contributed by atoms with E-state index in [2.05, 4.69) is 4.18 Å². The van der Waals surface area contributed by atoms with E-state index in [9.17, 15) is 31.2 Å². The van der Waals surface area contributed by atoms with Crippen molar-refractivity contribution in [3.05, 3.63) is 32.6 Å². The molecule has 1 aliphatic rings. The third kappa shape index (κ3) is 3.66. The van der Waals surface area contributed by atoms with Crippen LogP contribution in [-0.4, -0.2) is 41.6 Å². The largest absolute Gasteiger partial charge is 0.523 e. The minimum absolute atomic E-state index is 0.160. The van der Waals surface area contributed by atoms with Crippen molar-refractivity contribution in [3.8, 4) is 0 Å². The number of rotatable bonds is 4. The van der Waals surface area contributed by atoms with Gasteiger partial charge in [-0.05, 0) is 6.92 Å². The fourth-order valence-electron chi connectivity index (χ4n) is 2.13. The number of nitrogens with zero attached hydrogens (tertiary/aromatic N) is 1. The molecule has 0 aromatic carbocycles. The molecular formula is C11H12ClF3N2O6S. The third-order valence-corrected chi connectivity index (χ3v) is 4.69. The molecule has 0 unspecified atom stereocenters. The van der Waals surface area contributed by atoms with Crippen LogP contribution in [-0.2, 0) is 19.0 Å². The molecule has 0 spiro atoms. The summed E-state index contributed by atoms with van der Waals surface area (Å²) < 4.78 is 69.9. The first-order valence-electron chi connectivity index (χ1n) is 6.49. The maximum atomic E-state index is 12.4. The average molecular weight is 393 g/mol. The summed E-state index contributed by atoms with van der Waals surface area (Å²) >= 11 is 5.57. The van der Waals surface area contributed by atoms with E-state index in [1.165, 1.54) is 6.92 Å². The van der Waals surface area contributed by atoms with Crippen LogP contribution in [0.1, 0.15) is 18.2 Å². The molecule has 2 heterocycles. The zero-order valence-corrected chi connectivity index (χ0v) is 13.6. The molecule has 0 amide bonds. The van der Waals surface area contributed by atoms with Crippen LogP contribution in [0.5, 0.6) is 0 Å². The first-order chi connectivity index (χ1) is 11.0. The average Bonchev–Trinajstić information content (AvgIpc) is 2.83. The summed E-state index contributed by atoms with van der Waals surface area (Å²) in [5.41, 5.74) is -6.92. The summed E-state index contributed by atoms with van der Waals surface area (Å²) in [6.07, 6.45) is -3.08. The molecule has 24 heavy (non-hydrogen) atoms. The van der Waals surface area contributed by atoms with Crippen LogP contribution in [0.15, 0.2) is 15.8 Å². The number of aromatic amines is 1. The first-order valence-corrected chi connectivity index (χ1v) is 8.43. The van der Waals surface area contributed by atoms with Gasteiger partial charge in [-0.15, -0.1) is 11.6 Å². The highest BCUT2D eigenvalue weighted by atomic mass is 35.5. The molecule has 13 heteroatoms. The van der Waals surface area contributed by atoms with Crippen molar-refractivity contribution < 1.29 is 30.5 Å². The molecule has 8 nitrogen and oxygen atoms in total. The molecule has 1 saturated heterocycles. The Bertz CT molecular complexity index is 833. The molecule has 0 bridgehead atoms. The number of alkyl halides is 4. The standard InChI is InChI=1S/C11H12ClF3N2O6S/c1-5-4-17(10(19)16-9(5)18)8-2-6(7(3-12)22-8)23-24(20,21)11(13,14)15/h4,6-8H,2-3H2,1H3,(H,16,18,19)/t6-,7+,8+/m0/s1. The molecule has 2 rings (SSSR count). The Kier molecular flexibility index (Phi) is 5.14. The number of nitrogens with one attached hydrogen (secondary N) is 1. The normalized spacial score (nSPS) is 25.1. The van der Waals surface area contributed by atoms with E-state index in [1.54, 1.807) is 0 Å². The second-order valence-electron chi connectivity index (χ2n) is 5.03. The Labute approximate surface area is 138 Å². The molecule has 1 fully saturated rings. The maximum Gasteiger partial charge on any atom is 0.523 e. The molecule has 0 radical (unpaired) electrons. The SMILES string of the molecule is Cc1cn([C@H]2C[C@H](OS(=O)(=O)C(F)(F)F)[C@@H](CCl)O2)c(=O)[nH]c1=O. The first kappa shape index (κ1) is 19.0. The van der Waals surface area contributed by atoms with Crippen molar-refractivity contribution >= 4 is 21.7 Å². The Morgan fingerprint density at radius 3 is 2.62 bits per heavy atom. The predicted octanol–water partition coefficient (Wildman–Crippen LogP) is 0.606. The molecule has 0 aliphatic carbocycles. The van der Waals surface area contributed by atoms with Gasteiger partial charge in [-0.1, -0.05) is 0 Å². The van der Waals surface area contributed by atoms with E-state index in [1.807, 2.05) is 4.98 Å². The lowest BCUT2D eigenvalue weighted by Gasteiger charge is -2.16. The Hall–Kier alpha value is -1.37. The number of halogens is 4. The lowest BCUT2D eigenvalue weighted by Crippen LogP contribution is -2.34. The minimum atomic E-state index is -5.84. The van der Waals surface area contributed by atoms with E-state index in [0.29, 0.717) is 0 Å². The predicted molar refractivity (Wildman–Crippen MR) is 75.2 cm³/mol. The Balaban J connectivity index is 2.29. The van der Waals surface area contributed by atoms with Crippen molar-refractivity contribution in [1.29, 1.82) is 0 Å². The summed E-state index contributed by atoms with van der Waals surface area (Å²) in [5.74, 6) is -0.356. The highest BCUT2D eigenvalue weighted by Gasteiger charge is 2.51. The summed E-state index contributed by atoms with van der Waals surface area (Å²) in [7, 11) is -5.84. The second-order valence-corrected chi connectivity index (χ2v) is 6.90. The molecular weight excluding hydrogens is 381 g/mol. The zero-order chi connectivity index (χ0) is 18.3. The summed E-state index contributed by atoms with van der Waals surface area (Å²) in [6.45, 7) is 1.41. The van der Waals surface area contributed by atoms with Gasteiger partial charge in [-0.25, -0.2) is 4.79 Å². The number of H-pyrrole nitrogens is 1. The van der Waals surface area contributed by atoms with Crippen molar-refractivity contribution in [2.24, 2.45) is 0 Å². The lowest BCUT2D eigenvalue weighted by molar-refractivity contribution is -0.0603. The topological polar surface area (TPSA) is 107 Å². The van der Waals surface area contributed by atoms with E-state index in [4.69, 9.17) is 16.3 Å². The van der Waals surface area contributed by atoms with Gasteiger partial charge in [0, 0.05) is 18.2 Å². The van der Waals surface area contributed by atoms with Crippen LogP contribution >= 0.6 is 11.6 Å². The van der Waals surface area contributed by atoms with Gasteiger partial charge in [0.05, 0.1) is 5.88 Å². The molecule has 0 saturated carbocycles. The van der Waals surface area contributed by atoms with Crippen molar-refractivity contribution in [1.82, 2.24) is 9.55 Å². The van der Waals surface area contributed by atoms with Crippen molar-refractivity contribution in [2.75, 3.05) is 5.88 Å². The van der Waals surface area contributed by atoms with E-state index in [-0.39, 0.29) is 17.9 Å². The number of aromatic nitrogens is 2. The van der Waals surface area contributed by atoms with Gasteiger partial charge in [0.25, 0.3) is 5.56 Å². The quantitative estimate of drug-likeness (QED) is 0.457. The van der Waals surface area contributed by atoms with Gasteiger partial charge in [-0.2, -0.15) is 21.6 Å². The Morgan fingerprint density at radius 2 is 2.08 bits per heavy atom. The lowest BCUT2D eigenvalue weighted by atomic mass is 10.2. The smallest absolute Gasteiger partial charge is 0.351 e. The van der Waals surface area contributed by atoms with Crippen LogP contribution in [0.25, 0.3) is 0 Å². The molecule has 136 valence electrons. The monoisotopic (exact) mass is 392 g/mol. The van der Waals surface area contributed by atoms with Gasteiger partial charge in [0.2, 0.25) is 0 Å². The third-order valence-electron chi connectivity index (χ3n) is 3.32. The number of hydrogen-bond donors (Lipinski definition) is 1. The fourth-order valence-corrected chi connectivity index (χ4v) is 3.04. The van der Waals surface area contributed by atoms with E-state index < -0.39 is 45.3 Å².